The largest absolute Gasteiger partial charge is 0.103 e. The highest BCUT2D eigenvalue weighted by atomic mass is 32.2. The van der Waals surface area contributed by atoms with Crippen LogP contribution in [0.4, 0.5) is 0 Å². The van der Waals surface area contributed by atoms with E-state index in [1.165, 1.54) is 98.8 Å². The summed E-state index contributed by atoms with van der Waals surface area (Å²) in [6.07, 6.45) is 22.7. The van der Waals surface area contributed by atoms with Crippen molar-refractivity contribution >= 4 is 11.8 Å². The summed E-state index contributed by atoms with van der Waals surface area (Å²) in [7, 11) is 0. The lowest BCUT2D eigenvalue weighted by molar-refractivity contribution is 0.540. The van der Waals surface area contributed by atoms with Crippen molar-refractivity contribution in [2.75, 3.05) is 0 Å². The van der Waals surface area contributed by atoms with Gasteiger partial charge in [-0.05, 0) is 43.0 Å². The molecule has 0 unspecified atom stereocenters. The van der Waals surface area contributed by atoms with Gasteiger partial charge in [0.15, 0.2) is 0 Å². The molecular weight excluding hydrogens is 416 g/mol. The summed E-state index contributed by atoms with van der Waals surface area (Å²) in [6, 6.07) is 19.5. The minimum Gasteiger partial charge on any atom is -0.103 e. The monoisotopic (exact) mass is 462 g/mol. The van der Waals surface area contributed by atoms with Crippen molar-refractivity contribution in [2.24, 2.45) is 0 Å². The van der Waals surface area contributed by atoms with Crippen LogP contribution in [0.15, 0.2) is 64.4 Å². The molecule has 0 amide bonds. The van der Waals surface area contributed by atoms with Gasteiger partial charge in [0, 0.05) is 22.6 Å². The molecule has 180 valence electrons. The number of aryl methyl sites for hydroxylation is 1. The Kier molecular flexibility index (Phi) is 16.5. The fourth-order valence-corrected chi connectivity index (χ4v) is 5.20. The molecule has 33 heavy (non-hydrogen) atoms. The first kappa shape index (κ1) is 27.6. The van der Waals surface area contributed by atoms with Crippen LogP contribution in [0.25, 0.3) is 0 Å². The molecule has 0 spiro atoms. The fraction of sp³-hybridized carbons (Fsp3) is 0.562. The van der Waals surface area contributed by atoms with Gasteiger partial charge in [-0.3, -0.25) is 0 Å². The average Bonchev–Trinajstić information content (AvgIpc) is 2.85. The van der Waals surface area contributed by atoms with Gasteiger partial charge >= 0.3 is 0 Å². The molecule has 2 rings (SSSR count). The lowest BCUT2D eigenvalue weighted by Gasteiger charge is -2.08. The van der Waals surface area contributed by atoms with E-state index in [1.807, 2.05) is 11.8 Å². The van der Waals surface area contributed by atoms with Crippen LogP contribution in [0.5, 0.6) is 0 Å². The second-order valence-corrected chi connectivity index (χ2v) is 10.3. The highest BCUT2D eigenvalue weighted by molar-refractivity contribution is 7.99. The maximum atomic E-state index is 3.41. The highest BCUT2D eigenvalue weighted by Crippen LogP contribution is 2.30. The van der Waals surface area contributed by atoms with Gasteiger partial charge in [-0.25, -0.2) is 0 Å². The minimum absolute atomic E-state index is 1.02. The summed E-state index contributed by atoms with van der Waals surface area (Å²) in [5.41, 5.74) is 1.45. The van der Waals surface area contributed by atoms with Gasteiger partial charge in [0.25, 0.3) is 0 Å². The summed E-state index contributed by atoms with van der Waals surface area (Å²) in [6.45, 7) is 2.29. The van der Waals surface area contributed by atoms with E-state index in [0.29, 0.717) is 0 Å². The van der Waals surface area contributed by atoms with Crippen LogP contribution in [-0.2, 0) is 6.42 Å². The number of rotatable bonds is 18. The summed E-state index contributed by atoms with van der Waals surface area (Å²) < 4.78 is 0. The Labute approximate surface area is 209 Å². The fourth-order valence-electron chi connectivity index (χ4n) is 4.20. The van der Waals surface area contributed by atoms with E-state index in [4.69, 9.17) is 0 Å². The van der Waals surface area contributed by atoms with Gasteiger partial charge in [0.05, 0.1) is 0 Å². The van der Waals surface area contributed by atoms with Crippen LogP contribution in [0.3, 0.4) is 0 Å². The van der Waals surface area contributed by atoms with Gasteiger partial charge in [-0.1, -0.05) is 132 Å². The summed E-state index contributed by atoms with van der Waals surface area (Å²) >= 11 is 1.87. The first-order valence-corrected chi connectivity index (χ1v) is 14.5. The molecule has 1 heteroatoms. The summed E-state index contributed by atoms with van der Waals surface area (Å²) in [5, 5.41) is 0. The van der Waals surface area contributed by atoms with E-state index in [9.17, 15) is 0 Å². The molecule has 0 aliphatic carbocycles. The van der Waals surface area contributed by atoms with Crippen LogP contribution in [0.2, 0.25) is 0 Å². The Bertz CT molecular complexity index is 768. The topological polar surface area (TPSA) is 0 Å². The lowest BCUT2D eigenvalue weighted by Crippen LogP contribution is -1.88. The third-order valence-electron chi connectivity index (χ3n) is 6.22. The quantitative estimate of drug-likeness (QED) is 0.157. The van der Waals surface area contributed by atoms with Crippen LogP contribution >= 0.6 is 11.8 Å². The molecule has 0 nitrogen and oxygen atoms in total. The number of benzene rings is 2. The van der Waals surface area contributed by atoms with Crippen LogP contribution in [0, 0.1) is 11.8 Å². The molecule has 0 aliphatic rings. The maximum Gasteiger partial charge on any atom is 0.0154 e. The lowest BCUT2D eigenvalue weighted by atomic mass is 10.0. The second-order valence-electron chi connectivity index (χ2n) is 9.22. The summed E-state index contributed by atoms with van der Waals surface area (Å²) in [5.74, 6) is 6.82. The van der Waals surface area contributed by atoms with Gasteiger partial charge in [0.2, 0.25) is 0 Å². The van der Waals surface area contributed by atoms with Gasteiger partial charge in [-0.15, -0.1) is 11.8 Å². The Hall–Kier alpha value is -1.65. The normalized spacial score (nSPS) is 10.7. The van der Waals surface area contributed by atoms with Crippen molar-refractivity contribution in [1.82, 2.24) is 0 Å². The molecule has 2 aromatic rings. The standard InChI is InChI=1S/C32H46S/c1-2-3-4-5-6-7-8-9-10-11-12-13-14-15-16-17-18-20-25-30-26-23-24-29-32(30)33-31-27-21-19-22-28-31/h19,21-24,26-29H,2-15,18,20,25H2,1H3. The molecular formula is C32H46S. The molecule has 0 aromatic heterocycles. The first-order valence-electron chi connectivity index (χ1n) is 13.7. The predicted octanol–water partition coefficient (Wildman–Crippen LogP) is 10.6. The Balaban J connectivity index is 1.44. The smallest absolute Gasteiger partial charge is 0.0154 e. The van der Waals surface area contributed by atoms with Crippen molar-refractivity contribution in [3.63, 3.8) is 0 Å². The Morgan fingerprint density at radius 1 is 0.545 bits per heavy atom. The number of unbranched alkanes of at least 4 members (excludes halogenated alkanes) is 14. The molecule has 0 aliphatic heterocycles. The van der Waals surface area contributed by atoms with Crippen molar-refractivity contribution in [3.8, 4) is 11.8 Å². The summed E-state index contributed by atoms with van der Waals surface area (Å²) in [4.78, 5) is 2.69. The third-order valence-corrected chi connectivity index (χ3v) is 7.35. The second kappa shape index (κ2) is 19.8. The molecule has 0 saturated carbocycles. The van der Waals surface area contributed by atoms with Crippen molar-refractivity contribution in [1.29, 1.82) is 0 Å². The van der Waals surface area contributed by atoms with Gasteiger partial charge < -0.3 is 0 Å². The molecule has 0 radical (unpaired) electrons. The van der Waals surface area contributed by atoms with Crippen LogP contribution < -0.4 is 0 Å². The van der Waals surface area contributed by atoms with Crippen molar-refractivity contribution < 1.29 is 0 Å². The van der Waals surface area contributed by atoms with Gasteiger partial charge in [-0.2, -0.15) is 0 Å². The molecule has 0 saturated heterocycles. The molecule has 0 fully saturated rings. The van der Waals surface area contributed by atoms with Crippen LogP contribution in [0.1, 0.15) is 115 Å². The van der Waals surface area contributed by atoms with Crippen LogP contribution in [-0.4, -0.2) is 0 Å². The Morgan fingerprint density at radius 3 is 1.70 bits per heavy atom. The molecule has 0 N–H and O–H groups in total. The van der Waals surface area contributed by atoms with Gasteiger partial charge in [0.1, 0.15) is 0 Å². The average molecular weight is 463 g/mol. The first-order chi connectivity index (χ1) is 16.4. The minimum atomic E-state index is 1.02. The van der Waals surface area contributed by atoms with E-state index in [1.54, 1.807) is 0 Å². The zero-order chi connectivity index (χ0) is 23.2. The van der Waals surface area contributed by atoms with E-state index < -0.39 is 0 Å². The number of hydrogen-bond donors (Lipinski definition) is 0. The molecule has 0 atom stereocenters. The SMILES string of the molecule is CCCCCCCCCCCCCCCC#CCCCc1ccccc1Sc1ccccc1. The molecule has 0 heterocycles. The molecule has 0 bridgehead atoms. The number of hydrogen-bond acceptors (Lipinski definition) is 1. The van der Waals surface area contributed by atoms with Crippen molar-refractivity contribution in [2.45, 2.75) is 126 Å². The van der Waals surface area contributed by atoms with E-state index >= 15 is 0 Å². The zero-order valence-corrected chi connectivity index (χ0v) is 21.9. The molecule has 2 aromatic carbocycles. The van der Waals surface area contributed by atoms with E-state index in [0.717, 1.165) is 25.7 Å². The zero-order valence-electron chi connectivity index (χ0n) is 21.1. The predicted molar refractivity (Wildman–Crippen MR) is 148 cm³/mol. The van der Waals surface area contributed by atoms with E-state index in [2.05, 4.69) is 73.4 Å². The maximum absolute atomic E-state index is 3.41. The highest BCUT2D eigenvalue weighted by Gasteiger charge is 2.03. The van der Waals surface area contributed by atoms with E-state index in [-0.39, 0.29) is 0 Å². The Morgan fingerprint density at radius 2 is 1.06 bits per heavy atom. The van der Waals surface area contributed by atoms with Crippen molar-refractivity contribution in [3.05, 3.63) is 60.2 Å². The third kappa shape index (κ3) is 14.3.